The van der Waals surface area contributed by atoms with E-state index in [1.807, 2.05) is 43.3 Å². The quantitative estimate of drug-likeness (QED) is 0.612. The van der Waals surface area contributed by atoms with Gasteiger partial charge in [0, 0.05) is 5.69 Å². The average molecular weight is 399 g/mol. The van der Waals surface area contributed by atoms with Gasteiger partial charge < -0.3 is 14.8 Å². The highest BCUT2D eigenvalue weighted by Gasteiger charge is 2.32. The van der Waals surface area contributed by atoms with Crippen LogP contribution in [0.2, 0.25) is 0 Å². The third-order valence-corrected chi connectivity index (χ3v) is 5.76. The van der Waals surface area contributed by atoms with E-state index in [1.54, 1.807) is 4.90 Å². The van der Waals surface area contributed by atoms with Crippen LogP contribution < -0.4 is 14.8 Å². The Balaban J connectivity index is 1.48. The topological polar surface area (TPSA) is 50.8 Å². The van der Waals surface area contributed by atoms with E-state index in [0.717, 1.165) is 22.6 Å². The minimum Gasteiger partial charge on any atom is -0.454 e. The molecular weight excluding hydrogens is 380 g/mol. The Morgan fingerprint density at radius 3 is 2.81 bits per heavy atom. The number of benzene rings is 2. The lowest BCUT2D eigenvalue weighted by molar-refractivity contribution is -0.121. The monoisotopic (exact) mass is 398 g/mol. The van der Waals surface area contributed by atoms with Gasteiger partial charge in [-0.05, 0) is 49.2 Å². The Kier molecular flexibility index (Phi) is 4.80. The van der Waals surface area contributed by atoms with Crippen molar-refractivity contribution in [3.63, 3.8) is 0 Å². The molecule has 0 atom stereocenters. The lowest BCUT2D eigenvalue weighted by atomic mass is 10.1. The van der Waals surface area contributed by atoms with Crippen LogP contribution in [0.15, 0.2) is 41.3 Å². The van der Waals surface area contributed by atoms with Crippen molar-refractivity contribution in [3.8, 4) is 11.5 Å². The largest absolute Gasteiger partial charge is 0.454 e. The van der Waals surface area contributed by atoms with Gasteiger partial charge in [-0.3, -0.25) is 9.69 Å². The average Bonchev–Trinajstić information content (AvgIpc) is 3.19. The normalized spacial score (nSPS) is 17.1. The summed E-state index contributed by atoms with van der Waals surface area (Å²) in [5, 5.41) is 3.30. The van der Waals surface area contributed by atoms with Gasteiger partial charge in [0.2, 0.25) is 6.79 Å². The van der Waals surface area contributed by atoms with Gasteiger partial charge in [0.15, 0.2) is 11.5 Å². The van der Waals surface area contributed by atoms with Crippen LogP contribution in [0.4, 0.5) is 5.69 Å². The van der Waals surface area contributed by atoms with Crippen molar-refractivity contribution in [3.05, 3.63) is 58.0 Å². The number of hydrogen-bond donors (Lipinski definition) is 1. The molecule has 0 saturated carbocycles. The van der Waals surface area contributed by atoms with Crippen molar-refractivity contribution in [1.29, 1.82) is 0 Å². The number of amides is 1. The highest BCUT2D eigenvalue weighted by Crippen LogP contribution is 2.36. The van der Waals surface area contributed by atoms with E-state index in [-0.39, 0.29) is 12.7 Å². The SMILES string of the molecule is Cc1ccc(NCN2C(=O)C(=Cc3ccc4c(c3)OCO4)SC2=S)c(C)c1. The molecule has 1 amide bonds. The number of hydrogen-bond acceptors (Lipinski definition) is 6. The van der Waals surface area contributed by atoms with E-state index in [9.17, 15) is 4.79 Å². The van der Waals surface area contributed by atoms with Gasteiger partial charge in [-0.2, -0.15) is 0 Å². The minimum absolute atomic E-state index is 0.0973. The Hall–Kier alpha value is -2.51. The molecule has 0 aliphatic carbocycles. The van der Waals surface area contributed by atoms with Crippen molar-refractivity contribution in [2.45, 2.75) is 13.8 Å². The molecular formula is C20H18N2O3S2. The van der Waals surface area contributed by atoms with Crippen molar-refractivity contribution in [2.24, 2.45) is 0 Å². The molecule has 0 bridgehead atoms. The summed E-state index contributed by atoms with van der Waals surface area (Å²) in [5.41, 5.74) is 4.21. The van der Waals surface area contributed by atoms with E-state index >= 15 is 0 Å². The number of rotatable bonds is 4. The number of aryl methyl sites for hydroxylation is 2. The summed E-state index contributed by atoms with van der Waals surface area (Å²) < 4.78 is 11.3. The zero-order chi connectivity index (χ0) is 19.0. The van der Waals surface area contributed by atoms with E-state index in [1.165, 1.54) is 17.3 Å². The van der Waals surface area contributed by atoms with Crippen LogP contribution in [0.3, 0.4) is 0 Å². The minimum atomic E-state index is -0.0973. The summed E-state index contributed by atoms with van der Waals surface area (Å²) in [5.74, 6) is 1.31. The Morgan fingerprint density at radius 2 is 2.00 bits per heavy atom. The third-order valence-electron chi connectivity index (χ3n) is 4.38. The van der Waals surface area contributed by atoms with Crippen molar-refractivity contribution < 1.29 is 14.3 Å². The maximum absolute atomic E-state index is 12.8. The fraction of sp³-hybridized carbons (Fsp3) is 0.200. The molecule has 27 heavy (non-hydrogen) atoms. The van der Waals surface area contributed by atoms with Crippen LogP contribution in [-0.2, 0) is 4.79 Å². The highest BCUT2D eigenvalue weighted by atomic mass is 32.2. The molecule has 2 aliphatic heterocycles. The zero-order valence-corrected chi connectivity index (χ0v) is 16.6. The van der Waals surface area contributed by atoms with Gasteiger partial charge in [-0.15, -0.1) is 0 Å². The molecule has 2 aromatic rings. The molecule has 5 nitrogen and oxygen atoms in total. The van der Waals surface area contributed by atoms with E-state index in [2.05, 4.69) is 18.3 Å². The molecule has 2 aliphatic rings. The van der Waals surface area contributed by atoms with Gasteiger partial charge in [0.05, 0.1) is 11.6 Å². The van der Waals surface area contributed by atoms with E-state index < -0.39 is 0 Å². The number of carbonyl (C=O) groups is 1. The fourth-order valence-corrected chi connectivity index (χ4v) is 4.22. The molecule has 7 heteroatoms. The second kappa shape index (κ2) is 7.25. The number of thiocarbonyl (C=S) groups is 1. The number of fused-ring (bicyclic) bond motifs is 1. The highest BCUT2D eigenvalue weighted by molar-refractivity contribution is 8.26. The van der Waals surface area contributed by atoms with E-state index in [4.69, 9.17) is 21.7 Å². The second-order valence-corrected chi connectivity index (χ2v) is 8.05. The van der Waals surface area contributed by atoms with Crippen molar-refractivity contribution in [1.82, 2.24) is 4.90 Å². The molecule has 138 valence electrons. The summed E-state index contributed by atoms with van der Waals surface area (Å²) >= 11 is 6.71. The van der Waals surface area contributed by atoms with E-state index in [0.29, 0.717) is 21.6 Å². The number of nitrogens with one attached hydrogen (secondary N) is 1. The first-order valence-corrected chi connectivity index (χ1v) is 9.70. The second-order valence-electron chi connectivity index (χ2n) is 6.38. The van der Waals surface area contributed by atoms with Gasteiger partial charge in [0.25, 0.3) is 5.91 Å². The predicted molar refractivity (Wildman–Crippen MR) is 112 cm³/mol. The van der Waals surface area contributed by atoms with Crippen LogP contribution in [0.1, 0.15) is 16.7 Å². The smallest absolute Gasteiger partial charge is 0.267 e. The molecule has 1 saturated heterocycles. The number of nitrogens with zero attached hydrogens (tertiary/aromatic N) is 1. The fourth-order valence-electron chi connectivity index (χ4n) is 2.97. The number of ether oxygens (including phenoxy) is 2. The molecule has 0 unspecified atom stereocenters. The lowest BCUT2D eigenvalue weighted by Gasteiger charge is -2.17. The summed E-state index contributed by atoms with van der Waals surface area (Å²) in [7, 11) is 0. The maximum atomic E-state index is 12.8. The van der Waals surface area contributed by atoms with Crippen molar-refractivity contribution >= 4 is 46.0 Å². The summed E-state index contributed by atoms with van der Waals surface area (Å²) in [6.45, 7) is 4.66. The predicted octanol–water partition coefficient (Wildman–Crippen LogP) is 4.30. The lowest BCUT2D eigenvalue weighted by Crippen LogP contribution is -2.33. The van der Waals surface area contributed by atoms with Crippen LogP contribution in [0.5, 0.6) is 11.5 Å². The molecule has 1 fully saturated rings. The molecule has 0 spiro atoms. The van der Waals surface area contributed by atoms with Crippen LogP contribution in [-0.4, -0.2) is 28.6 Å². The number of carbonyl (C=O) groups excluding carboxylic acids is 1. The molecule has 1 N–H and O–H groups in total. The summed E-state index contributed by atoms with van der Waals surface area (Å²) in [4.78, 5) is 14.9. The van der Waals surface area contributed by atoms with Gasteiger partial charge in [-0.1, -0.05) is 47.7 Å². The number of anilines is 1. The Labute approximate surface area is 167 Å². The molecule has 0 aromatic heterocycles. The maximum Gasteiger partial charge on any atom is 0.267 e. The first kappa shape index (κ1) is 17.9. The van der Waals surface area contributed by atoms with Gasteiger partial charge in [-0.25, -0.2) is 0 Å². The first-order chi connectivity index (χ1) is 13.0. The Morgan fingerprint density at radius 1 is 1.19 bits per heavy atom. The van der Waals surface area contributed by atoms with Gasteiger partial charge >= 0.3 is 0 Å². The van der Waals surface area contributed by atoms with Crippen LogP contribution in [0, 0.1) is 13.8 Å². The Bertz CT molecular complexity index is 972. The molecule has 4 rings (SSSR count). The third kappa shape index (κ3) is 3.65. The van der Waals surface area contributed by atoms with Crippen LogP contribution >= 0.6 is 24.0 Å². The summed E-state index contributed by atoms with van der Waals surface area (Å²) in [6.07, 6.45) is 1.83. The standard InChI is InChI=1S/C20H18N2O3S2/c1-12-3-5-15(13(2)7-12)21-10-22-19(23)18(27-20(22)26)9-14-4-6-16-17(8-14)25-11-24-16/h3-9,21H,10-11H2,1-2H3. The van der Waals surface area contributed by atoms with Gasteiger partial charge in [0.1, 0.15) is 4.32 Å². The molecule has 2 heterocycles. The zero-order valence-electron chi connectivity index (χ0n) is 14.9. The van der Waals surface area contributed by atoms with Crippen molar-refractivity contribution in [2.75, 3.05) is 18.8 Å². The molecule has 0 radical (unpaired) electrons. The van der Waals surface area contributed by atoms with Crippen LogP contribution in [0.25, 0.3) is 6.08 Å². The number of thioether (sulfide) groups is 1. The first-order valence-electron chi connectivity index (χ1n) is 8.47. The summed E-state index contributed by atoms with van der Waals surface area (Å²) in [6, 6.07) is 11.8. The molecule has 2 aromatic carbocycles.